The highest BCUT2D eigenvalue weighted by Gasteiger charge is 2.07. The number of halogens is 1. The molecule has 70 valence electrons. The molecule has 1 aromatic rings. The van der Waals surface area contributed by atoms with Gasteiger partial charge in [0.15, 0.2) is 0 Å². The highest BCUT2D eigenvalue weighted by molar-refractivity contribution is 9.09. The third kappa shape index (κ3) is 2.97. The topological polar surface area (TPSA) is 26.3 Å². The van der Waals surface area contributed by atoms with Gasteiger partial charge in [-0.25, -0.2) is 4.79 Å². The number of methoxy groups -OCH3 is 1. The number of hydrogen-bond acceptors (Lipinski definition) is 3. The van der Waals surface area contributed by atoms with Crippen LogP contribution in [0.5, 0.6) is 0 Å². The van der Waals surface area contributed by atoms with Gasteiger partial charge in [-0.05, 0) is 17.5 Å². The maximum Gasteiger partial charge on any atom is 0.334 e. The molecule has 0 aromatic carbocycles. The predicted molar refractivity (Wildman–Crippen MR) is 58.1 cm³/mol. The fourth-order valence-electron chi connectivity index (χ4n) is 0.828. The van der Waals surface area contributed by atoms with Gasteiger partial charge in [-0.3, -0.25) is 0 Å². The lowest BCUT2D eigenvalue weighted by atomic mass is 10.2. The number of thiophene rings is 1. The molecular weight excluding hydrogens is 252 g/mol. The smallest absolute Gasteiger partial charge is 0.334 e. The van der Waals surface area contributed by atoms with Crippen molar-refractivity contribution in [2.24, 2.45) is 0 Å². The van der Waals surface area contributed by atoms with Gasteiger partial charge in [0.25, 0.3) is 0 Å². The Hall–Kier alpha value is -0.610. The molecule has 0 atom stereocenters. The van der Waals surface area contributed by atoms with Crippen LogP contribution in [-0.4, -0.2) is 18.4 Å². The van der Waals surface area contributed by atoms with E-state index >= 15 is 0 Å². The second-order valence-corrected chi connectivity index (χ2v) is 3.85. The zero-order valence-corrected chi connectivity index (χ0v) is 9.52. The number of alkyl halides is 1. The summed E-state index contributed by atoms with van der Waals surface area (Å²) in [5.74, 6) is -0.287. The van der Waals surface area contributed by atoms with Gasteiger partial charge in [0.05, 0.1) is 7.11 Å². The van der Waals surface area contributed by atoms with Crippen LogP contribution in [-0.2, 0) is 9.53 Å². The molecule has 0 fully saturated rings. The molecule has 0 spiro atoms. The zero-order chi connectivity index (χ0) is 9.68. The first-order valence-corrected chi connectivity index (χ1v) is 5.66. The molecule has 0 saturated heterocycles. The normalized spacial score (nSPS) is 11.4. The van der Waals surface area contributed by atoms with E-state index < -0.39 is 0 Å². The fraction of sp³-hybridized carbons (Fsp3) is 0.222. The maximum atomic E-state index is 11.2. The Balaban J connectivity index is 2.83. The third-order valence-corrected chi connectivity index (χ3v) is 2.87. The van der Waals surface area contributed by atoms with Crippen LogP contribution in [0.3, 0.4) is 0 Å². The summed E-state index contributed by atoms with van der Waals surface area (Å²) in [4.78, 5) is 12.2. The van der Waals surface area contributed by atoms with E-state index in [-0.39, 0.29) is 5.97 Å². The van der Waals surface area contributed by atoms with Gasteiger partial charge in [0, 0.05) is 15.8 Å². The van der Waals surface area contributed by atoms with Gasteiger partial charge in [-0.2, -0.15) is 0 Å². The summed E-state index contributed by atoms with van der Waals surface area (Å²) in [7, 11) is 1.38. The lowest BCUT2D eigenvalue weighted by Gasteiger charge is -1.99. The van der Waals surface area contributed by atoms with E-state index in [2.05, 4.69) is 20.7 Å². The summed E-state index contributed by atoms with van der Waals surface area (Å²) >= 11 is 4.83. The Morgan fingerprint density at radius 2 is 2.54 bits per heavy atom. The fourth-order valence-corrected chi connectivity index (χ4v) is 1.90. The number of ether oxygens (including phenoxy) is 1. The van der Waals surface area contributed by atoms with Crippen LogP contribution in [0.1, 0.15) is 4.88 Å². The van der Waals surface area contributed by atoms with Crippen LogP contribution in [0.25, 0.3) is 6.08 Å². The van der Waals surface area contributed by atoms with E-state index in [0.717, 1.165) is 4.88 Å². The second-order valence-electron chi connectivity index (χ2n) is 2.31. The van der Waals surface area contributed by atoms with Crippen molar-refractivity contribution in [1.29, 1.82) is 0 Å². The third-order valence-electron chi connectivity index (χ3n) is 1.45. The Labute approximate surface area is 89.3 Å². The summed E-state index contributed by atoms with van der Waals surface area (Å²) < 4.78 is 4.62. The largest absolute Gasteiger partial charge is 0.466 e. The van der Waals surface area contributed by atoms with Crippen molar-refractivity contribution >= 4 is 39.3 Å². The SMILES string of the molecule is COC(=O)/C(=C/c1cccs1)CBr. The Bertz CT molecular complexity index is 303. The highest BCUT2D eigenvalue weighted by atomic mass is 79.9. The molecule has 4 heteroatoms. The molecule has 1 rings (SSSR count). The van der Waals surface area contributed by atoms with E-state index in [0.29, 0.717) is 10.9 Å². The summed E-state index contributed by atoms with van der Waals surface area (Å²) in [6.07, 6.45) is 1.82. The van der Waals surface area contributed by atoms with E-state index in [1.54, 1.807) is 11.3 Å². The van der Waals surface area contributed by atoms with Crippen molar-refractivity contribution in [2.75, 3.05) is 12.4 Å². The van der Waals surface area contributed by atoms with Gasteiger partial charge in [-0.1, -0.05) is 22.0 Å². The average molecular weight is 261 g/mol. The van der Waals surface area contributed by atoms with E-state index in [9.17, 15) is 4.79 Å². The van der Waals surface area contributed by atoms with Crippen LogP contribution in [0.15, 0.2) is 23.1 Å². The number of rotatable bonds is 3. The van der Waals surface area contributed by atoms with Crippen molar-refractivity contribution in [2.45, 2.75) is 0 Å². The molecule has 0 aliphatic rings. The van der Waals surface area contributed by atoms with E-state index in [1.807, 2.05) is 23.6 Å². The number of carbonyl (C=O) groups excluding carboxylic acids is 1. The van der Waals surface area contributed by atoms with Gasteiger partial charge < -0.3 is 4.74 Å². The van der Waals surface area contributed by atoms with Crippen molar-refractivity contribution in [3.05, 3.63) is 28.0 Å². The Morgan fingerprint density at radius 1 is 1.77 bits per heavy atom. The summed E-state index contributed by atoms with van der Waals surface area (Å²) in [5.41, 5.74) is 0.630. The van der Waals surface area contributed by atoms with Crippen LogP contribution in [0, 0.1) is 0 Å². The molecule has 0 N–H and O–H groups in total. The molecule has 0 unspecified atom stereocenters. The zero-order valence-electron chi connectivity index (χ0n) is 7.12. The Morgan fingerprint density at radius 3 is 3.00 bits per heavy atom. The monoisotopic (exact) mass is 260 g/mol. The highest BCUT2D eigenvalue weighted by Crippen LogP contribution is 2.15. The maximum absolute atomic E-state index is 11.2. The molecular formula is C9H9BrO2S. The van der Waals surface area contributed by atoms with E-state index in [4.69, 9.17) is 0 Å². The van der Waals surface area contributed by atoms with Gasteiger partial charge in [-0.15, -0.1) is 11.3 Å². The average Bonchev–Trinajstić information content (AvgIpc) is 2.65. The first kappa shape index (κ1) is 10.5. The lowest BCUT2D eigenvalue weighted by Crippen LogP contribution is -2.05. The van der Waals surface area contributed by atoms with Gasteiger partial charge in [0.2, 0.25) is 0 Å². The predicted octanol–water partition coefficient (Wildman–Crippen LogP) is 2.70. The van der Waals surface area contributed by atoms with Crippen molar-refractivity contribution in [3.8, 4) is 0 Å². The van der Waals surface area contributed by atoms with Crippen LogP contribution in [0.2, 0.25) is 0 Å². The van der Waals surface area contributed by atoms with Crippen molar-refractivity contribution in [1.82, 2.24) is 0 Å². The number of hydrogen-bond donors (Lipinski definition) is 0. The molecule has 0 aliphatic carbocycles. The number of esters is 1. The first-order chi connectivity index (χ1) is 6.27. The van der Waals surface area contributed by atoms with Crippen LogP contribution >= 0.6 is 27.3 Å². The van der Waals surface area contributed by atoms with E-state index in [1.165, 1.54) is 7.11 Å². The summed E-state index contributed by atoms with van der Waals surface area (Å²) in [6, 6.07) is 3.90. The summed E-state index contributed by atoms with van der Waals surface area (Å²) in [6.45, 7) is 0. The quantitative estimate of drug-likeness (QED) is 0.475. The molecule has 13 heavy (non-hydrogen) atoms. The molecule has 1 aromatic heterocycles. The van der Waals surface area contributed by atoms with Crippen LogP contribution < -0.4 is 0 Å². The summed E-state index contributed by atoms with van der Waals surface area (Å²) in [5, 5.41) is 2.48. The Kier molecular flexibility index (Phi) is 4.18. The minimum Gasteiger partial charge on any atom is -0.466 e. The molecule has 1 heterocycles. The molecule has 0 aliphatic heterocycles. The minimum atomic E-state index is -0.287. The standard InChI is InChI=1S/C9H9BrO2S/c1-12-9(11)7(6-10)5-8-3-2-4-13-8/h2-5H,6H2,1H3/b7-5+. The second kappa shape index (κ2) is 5.19. The van der Waals surface area contributed by atoms with Crippen LogP contribution in [0.4, 0.5) is 0 Å². The molecule has 2 nitrogen and oxygen atoms in total. The van der Waals surface area contributed by atoms with Crippen molar-refractivity contribution in [3.63, 3.8) is 0 Å². The first-order valence-electron chi connectivity index (χ1n) is 3.66. The minimum absolute atomic E-state index is 0.287. The number of carbonyl (C=O) groups is 1. The molecule has 0 saturated carbocycles. The van der Waals surface area contributed by atoms with Crippen molar-refractivity contribution < 1.29 is 9.53 Å². The molecule has 0 radical (unpaired) electrons. The molecule has 0 amide bonds. The molecule has 0 bridgehead atoms. The lowest BCUT2D eigenvalue weighted by molar-refractivity contribution is -0.135. The van der Waals surface area contributed by atoms with Gasteiger partial charge >= 0.3 is 5.97 Å². The van der Waals surface area contributed by atoms with Gasteiger partial charge in [0.1, 0.15) is 0 Å².